The molecule has 0 bridgehead atoms. The molecule has 0 aliphatic carbocycles. The number of carbonyl (C=O) groups is 2. The molecule has 0 saturated carbocycles. The Morgan fingerprint density at radius 2 is 1.60 bits per heavy atom. The first-order valence-electron chi connectivity index (χ1n) is 4.18. The van der Waals surface area contributed by atoms with Crippen LogP contribution in [0.4, 0.5) is 5.69 Å². The average Bonchev–Trinajstić information content (AvgIpc) is 2.52. The van der Waals surface area contributed by atoms with Gasteiger partial charge >= 0.3 is 0 Å². The lowest BCUT2D eigenvalue weighted by atomic mass is 10.2. The predicted molar refractivity (Wildman–Crippen MR) is 51.4 cm³/mol. The lowest BCUT2D eigenvalue weighted by molar-refractivity contribution is -0.120. The maximum absolute atomic E-state index is 11.3. The molecule has 1 aromatic carbocycles. The van der Waals surface area contributed by atoms with Crippen LogP contribution in [0.5, 0.6) is 11.5 Å². The van der Waals surface area contributed by atoms with Gasteiger partial charge in [-0.15, -0.1) is 0 Å². The molecule has 0 radical (unpaired) electrons. The molecule has 1 aromatic rings. The van der Waals surface area contributed by atoms with Crippen LogP contribution >= 0.6 is 0 Å². The number of aromatic hydroxyl groups is 2. The van der Waals surface area contributed by atoms with Crippen molar-refractivity contribution in [2.75, 3.05) is 4.90 Å². The fraction of sp³-hybridized carbons (Fsp3) is 0. The summed E-state index contributed by atoms with van der Waals surface area (Å²) in [5.41, 5.74) is -0.0185. The molecule has 0 fully saturated rings. The number of hydrogen-bond donors (Lipinski definition) is 2. The van der Waals surface area contributed by atoms with E-state index in [4.69, 9.17) is 0 Å². The van der Waals surface area contributed by atoms with Crippen molar-refractivity contribution in [1.82, 2.24) is 0 Å². The minimum atomic E-state index is -0.541. The maximum Gasteiger partial charge on any atom is 0.258 e. The number of para-hydroxylation sites is 1. The van der Waals surface area contributed by atoms with Crippen molar-refractivity contribution in [3.63, 3.8) is 0 Å². The topological polar surface area (TPSA) is 77.8 Å². The van der Waals surface area contributed by atoms with E-state index in [1.54, 1.807) is 0 Å². The van der Waals surface area contributed by atoms with Gasteiger partial charge in [0, 0.05) is 12.2 Å². The lowest BCUT2D eigenvalue weighted by Gasteiger charge is -2.15. The number of benzene rings is 1. The van der Waals surface area contributed by atoms with Crippen LogP contribution in [0.3, 0.4) is 0 Å². The van der Waals surface area contributed by atoms with E-state index in [0.29, 0.717) is 0 Å². The van der Waals surface area contributed by atoms with E-state index in [1.165, 1.54) is 18.2 Å². The fourth-order valence-corrected chi connectivity index (χ4v) is 1.34. The van der Waals surface area contributed by atoms with E-state index in [9.17, 15) is 19.8 Å². The molecule has 0 spiro atoms. The number of imide groups is 1. The Kier molecular flexibility index (Phi) is 1.93. The third kappa shape index (κ3) is 1.34. The van der Waals surface area contributed by atoms with Crippen molar-refractivity contribution in [2.24, 2.45) is 0 Å². The summed E-state index contributed by atoms with van der Waals surface area (Å²) in [6.07, 6.45) is 2.21. The number of rotatable bonds is 1. The molecule has 1 heterocycles. The van der Waals surface area contributed by atoms with Crippen molar-refractivity contribution >= 4 is 17.5 Å². The Hall–Kier alpha value is -2.30. The Labute approximate surface area is 84.9 Å². The molecule has 76 valence electrons. The molecule has 0 unspecified atom stereocenters. The average molecular weight is 205 g/mol. The maximum atomic E-state index is 11.3. The molecule has 0 atom stereocenters. The van der Waals surface area contributed by atoms with Gasteiger partial charge in [0.25, 0.3) is 11.8 Å². The largest absolute Gasteiger partial charge is 0.504 e. The van der Waals surface area contributed by atoms with Gasteiger partial charge in [0.2, 0.25) is 0 Å². The zero-order valence-corrected chi connectivity index (χ0v) is 7.54. The summed E-state index contributed by atoms with van der Waals surface area (Å²) >= 11 is 0. The van der Waals surface area contributed by atoms with Crippen molar-refractivity contribution in [3.8, 4) is 11.5 Å². The molecule has 1 aliphatic rings. The number of phenols is 2. The molecule has 2 N–H and O–H groups in total. The van der Waals surface area contributed by atoms with E-state index in [0.717, 1.165) is 17.1 Å². The molecule has 0 saturated heterocycles. The highest BCUT2D eigenvalue weighted by Gasteiger charge is 2.28. The van der Waals surface area contributed by atoms with Crippen LogP contribution in [0.1, 0.15) is 0 Å². The summed E-state index contributed by atoms with van der Waals surface area (Å²) in [5.74, 6) is -1.94. The van der Waals surface area contributed by atoms with Gasteiger partial charge in [-0.3, -0.25) is 9.59 Å². The second kappa shape index (κ2) is 3.13. The van der Waals surface area contributed by atoms with Gasteiger partial charge in [-0.1, -0.05) is 6.07 Å². The molecule has 5 heteroatoms. The quantitative estimate of drug-likeness (QED) is 0.517. The van der Waals surface area contributed by atoms with Gasteiger partial charge in [0.15, 0.2) is 11.5 Å². The summed E-state index contributed by atoms with van der Waals surface area (Å²) in [6, 6.07) is 4.07. The number of carbonyl (C=O) groups excluding carboxylic acids is 2. The first kappa shape index (κ1) is 9.26. The van der Waals surface area contributed by atoms with Crippen molar-refractivity contribution in [2.45, 2.75) is 0 Å². The van der Waals surface area contributed by atoms with E-state index >= 15 is 0 Å². The molecule has 15 heavy (non-hydrogen) atoms. The summed E-state index contributed by atoms with van der Waals surface area (Å²) in [6.45, 7) is 0. The molecule has 1 aliphatic heterocycles. The second-order valence-corrected chi connectivity index (χ2v) is 2.99. The minimum absolute atomic E-state index is 0.0185. The van der Waals surface area contributed by atoms with Gasteiger partial charge in [0.1, 0.15) is 0 Å². The fourth-order valence-electron chi connectivity index (χ4n) is 1.34. The third-order valence-corrected chi connectivity index (χ3v) is 2.04. The molecular weight excluding hydrogens is 198 g/mol. The van der Waals surface area contributed by atoms with Crippen molar-refractivity contribution < 1.29 is 19.8 Å². The van der Waals surface area contributed by atoms with Gasteiger partial charge in [-0.25, -0.2) is 4.90 Å². The van der Waals surface area contributed by atoms with Crippen LogP contribution in [0, 0.1) is 0 Å². The minimum Gasteiger partial charge on any atom is -0.504 e. The Morgan fingerprint density at radius 1 is 1.00 bits per heavy atom. The van der Waals surface area contributed by atoms with E-state index < -0.39 is 17.6 Å². The number of anilines is 1. The van der Waals surface area contributed by atoms with Crippen LogP contribution in [-0.4, -0.2) is 22.0 Å². The van der Waals surface area contributed by atoms with Gasteiger partial charge in [0.05, 0.1) is 5.69 Å². The van der Waals surface area contributed by atoms with Crippen LogP contribution in [0.25, 0.3) is 0 Å². The van der Waals surface area contributed by atoms with Crippen LogP contribution in [-0.2, 0) is 9.59 Å². The standard InChI is InChI=1S/C10H7NO4/c12-7-3-1-2-6(10(7)15)11-8(13)4-5-9(11)14/h1-5,12,15H. The first-order valence-corrected chi connectivity index (χ1v) is 4.18. The predicted octanol–water partition coefficient (Wildman–Crippen LogP) is 0.527. The van der Waals surface area contributed by atoms with Crippen molar-refractivity contribution in [1.29, 1.82) is 0 Å². The zero-order chi connectivity index (χ0) is 11.0. The van der Waals surface area contributed by atoms with Crippen molar-refractivity contribution in [3.05, 3.63) is 30.4 Å². The van der Waals surface area contributed by atoms with E-state index in [1.807, 2.05) is 0 Å². The second-order valence-electron chi connectivity index (χ2n) is 2.99. The summed E-state index contributed by atoms with van der Waals surface area (Å²) in [4.78, 5) is 23.3. The molecule has 2 rings (SSSR count). The van der Waals surface area contributed by atoms with Gasteiger partial charge in [-0.2, -0.15) is 0 Å². The summed E-state index contributed by atoms with van der Waals surface area (Å²) < 4.78 is 0. The zero-order valence-electron chi connectivity index (χ0n) is 7.54. The molecule has 0 aromatic heterocycles. The molecule has 5 nitrogen and oxygen atoms in total. The SMILES string of the molecule is O=C1C=CC(=O)N1c1cccc(O)c1O. The Balaban J connectivity index is 2.51. The lowest BCUT2D eigenvalue weighted by Crippen LogP contribution is -2.29. The van der Waals surface area contributed by atoms with E-state index in [-0.39, 0.29) is 11.4 Å². The Bertz CT molecular complexity index is 460. The normalized spacial score (nSPS) is 15.1. The Morgan fingerprint density at radius 3 is 2.20 bits per heavy atom. The third-order valence-electron chi connectivity index (χ3n) is 2.04. The van der Waals surface area contributed by atoms with Crippen LogP contribution in [0.2, 0.25) is 0 Å². The molecular formula is C10H7NO4. The van der Waals surface area contributed by atoms with Gasteiger partial charge in [-0.05, 0) is 12.1 Å². The number of hydrogen-bond acceptors (Lipinski definition) is 4. The number of phenolic OH excluding ortho intramolecular Hbond substituents is 2. The number of nitrogens with zero attached hydrogens (tertiary/aromatic N) is 1. The monoisotopic (exact) mass is 205 g/mol. The highest BCUT2D eigenvalue weighted by atomic mass is 16.3. The summed E-state index contributed by atoms with van der Waals surface area (Å²) in [5, 5.41) is 18.7. The van der Waals surface area contributed by atoms with Crippen LogP contribution in [0.15, 0.2) is 30.4 Å². The highest BCUT2D eigenvalue weighted by molar-refractivity contribution is 6.28. The van der Waals surface area contributed by atoms with Gasteiger partial charge < -0.3 is 10.2 Å². The highest BCUT2D eigenvalue weighted by Crippen LogP contribution is 2.36. The van der Waals surface area contributed by atoms with Crippen LogP contribution < -0.4 is 4.90 Å². The molecule has 2 amide bonds. The summed E-state index contributed by atoms with van der Waals surface area (Å²) in [7, 11) is 0. The van der Waals surface area contributed by atoms with E-state index in [2.05, 4.69) is 0 Å². The smallest absolute Gasteiger partial charge is 0.258 e. The number of amides is 2. The first-order chi connectivity index (χ1) is 7.11.